The van der Waals surface area contributed by atoms with E-state index < -0.39 is 11.9 Å². The summed E-state index contributed by atoms with van der Waals surface area (Å²) < 4.78 is 5.33. The molecule has 0 aromatic heterocycles. The summed E-state index contributed by atoms with van der Waals surface area (Å²) in [7, 11) is 0. The number of amides is 2. The van der Waals surface area contributed by atoms with Crippen molar-refractivity contribution in [2.45, 2.75) is 58.9 Å². The van der Waals surface area contributed by atoms with E-state index in [1.807, 2.05) is 56.3 Å². The first-order valence-corrected chi connectivity index (χ1v) is 11.9. The highest BCUT2D eigenvalue weighted by Gasteiger charge is 2.37. The molecule has 0 bridgehead atoms. The van der Waals surface area contributed by atoms with Crippen molar-refractivity contribution < 1.29 is 19.1 Å². The maximum atomic E-state index is 13.1. The number of hydrogen-bond donors (Lipinski definition) is 1. The second kappa shape index (κ2) is 11.6. The predicted octanol–water partition coefficient (Wildman–Crippen LogP) is 4.29. The zero-order valence-corrected chi connectivity index (χ0v) is 20.5. The SMILES string of the molecule is CCOC(=O)C1=C(C)N(CC(=O)NC(C)CCc2ccccc2)C(=O)CC1c1cccc(C)c1. The zero-order chi connectivity index (χ0) is 24.7. The third-order valence-corrected chi connectivity index (χ3v) is 6.18. The first kappa shape index (κ1) is 25.2. The molecule has 1 aliphatic rings. The largest absolute Gasteiger partial charge is 0.463 e. The number of allylic oxidation sites excluding steroid dienone is 1. The number of aryl methyl sites for hydroxylation is 2. The summed E-state index contributed by atoms with van der Waals surface area (Å²) in [6.07, 6.45) is 1.77. The van der Waals surface area contributed by atoms with Gasteiger partial charge in [0.1, 0.15) is 6.54 Å². The fourth-order valence-electron chi connectivity index (χ4n) is 4.41. The second-order valence-electron chi connectivity index (χ2n) is 8.86. The van der Waals surface area contributed by atoms with Gasteiger partial charge >= 0.3 is 5.97 Å². The molecular weight excluding hydrogens is 428 g/mol. The van der Waals surface area contributed by atoms with Crippen molar-refractivity contribution in [3.63, 3.8) is 0 Å². The minimum atomic E-state index is -0.444. The van der Waals surface area contributed by atoms with E-state index in [0.29, 0.717) is 11.3 Å². The number of esters is 1. The van der Waals surface area contributed by atoms with E-state index in [1.54, 1.807) is 13.8 Å². The average Bonchev–Trinajstić information content (AvgIpc) is 2.81. The number of nitrogens with zero attached hydrogens (tertiary/aromatic N) is 1. The molecule has 6 heteroatoms. The van der Waals surface area contributed by atoms with Crippen molar-refractivity contribution in [1.29, 1.82) is 0 Å². The molecule has 2 atom stereocenters. The molecule has 2 aromatic rings. The van der Waals surface area contributed by atoms with E-state index in [1.165, 1.54) is 10.5 Å². The van der Waals surface area contributed by atoms with Gasteiger partial charge in [-0.25, -0.2) is 4.79 Å². The molecule has 0 spiro atoms. The molecule has 180 valence electrons. The maximum Gasteiger partial charge on any atom is 0.336 e. The molecule has 0 saturated heterocycles. The topological polar surface area (TPSA) is 75.7 Å². The first-order valence-electron chi connectivity index (χ1n) is 11.9. The van der Waals surface area contributed by atoms with Crippen LogP contribution in [0, 0.1) is 6.92 Å². The van der Waals surface area contributed by atoms with Crippen molar-refractivity contribution in [2.75, 3.05) is 13.2 Å². The van der Waals surface area contributed by atoms with Gasteiger partial charge in [-0.3, -0.25) is 9.59 Å². The molecule has 6 nitrogen and oxygen atoms in total. The van der Waals surface area contributed by atoms with E-state index >= 15 is 0 Å². The Morgan fingerprint density at radius 1 is 1.12 bits per heavy atom. The van der Waals surface area contributed by atoms with Crippen LogP contribution in [-0.4, -0.2) is 41.9 Å². The molecule has 34 heavy (non-hydrogen) atoms. The van der Waals surface area contributed by atoms with E-state index in [4.69, 9.17) is 4.74 Å². The number of hydrogen-bond acceptors (Lipinski definition) is 4. The Morgan fingerprint density at radius 2 is 1.85 bits per heavy atom. The minimum Gasteiger partial charge on any atom is -0.463 e. The Morgan fingerprint density at radius 3 is 2.53 bits per heavy atom. The molecule has 0 saturated carbocycles. The molecular formula is C28H34N2O4. The summed E-state index contributed by atoms with van der Waals surface area (Å²) in [6, 6.07) is 17.9. The molecule has 1 aliphatic heterocycles. The van der Waals surface area contributed by atoms with Crippen LogP contribution in [0.5, 0.6) is 0 Å². The van der Waals surface area contributed by atoms with Crippen LogP contribution in [0.3, 0.4) is 0 Å². The van der Waals surface area contributed by atoms with Crippen LogP contribution in [0.1, 0.15) is 56.2 Å². The lowest BCUT2D eigenvalue weighted by Crippen LogP contribution is -2.46. The summed E-state index contributed by atoms with van der Waals surface area (Å²) in [6.45, 7) is 7.53. The number of rotatable bonds is 9. The third-order valence-electron chi connectivity index (χ3n) is 6.18. The molecule has 1 N–H and O–H groups in total. The number of carbonyl (C=O) groups excluding carboxylic acids is 3. The number of nitrogens with one attached hydrogen (secondary N) is 1. The lowest BCUT2D eigenvalue weighted by Gasteiger charge is -2.34. The highest BCUT2D eigenvalue weighted by Crippen LogP contribution is 2.37. The van der Waals surface area contributed by atoms with Crippen LogP contribution in [0.2, 0.25) is 0 Å². The van der Waals surface area contributed by atoms with Crippen LogP contribution < -0.4 is 5.32 Å². The van der Waals surface area contributed by atoms with Gasteiger partial charge in [-0.05, 0) is 51.7 Å². The Hall–Kier alpha value is -3.41. The summed E-state index contributed by atoms with van der Waals surface area (Å²) >= 11 is 0. The quantitative estimate of drug-likeness (QED) is 0.564. The highest BCUT2D eigenvalue weighted by molar-refractivity contribution is 5.97. The molecule has 0 fully saturated rings. The van der Waals surface area contributed by atoms with E-state index in [2.05, 4.69) is 17.4 Å². The standard InChI is InChI=1S/C28H34N2O4/c1-5-34-28(33)27-21(4)30(26(32)17-24(27)23-13-9-10-19(2)16-23)18-25(31)29-20(3)14-15-22-11-7-6-8-12-22/h6-13,16,20,24H,5,14-15,17-18H2,1-4H3,(H,29,31). The Kier molecular flexibility index (Phi) is 8.63. The molecule has 0 aliphatic carbocycles. The summed E-state index contributed by atoms with van der Waals surface area (Å²) in [4.78, 5) is 40.2. The third kappa shape index (κ3) is 6.34. The molecule has 2 unspecified atom stereocenters. The van der Waals surface area contributed by atoms with Crippen molar-refractivity contribution >= 4 is 17.8 Å². The van der Waals surface area contributed by atoms with E-state index in [-0.39, 0.29) is 37.4 Å². The number of carbonyl (C=O) groups is 3. The summed E-state index contributed by atoms with van der Waals surface area (Å²) in [5.41, 5.74) is 4.09. The van der Waals surface area contributed by atoms with Gasteiger partial charge in [0.2, 0.25) is 11.8 Å². The zero-order valence-electron chi connectivity index (χ0n) is 20.5. The van der Waals surface area contributed by atoms with Gasteiger partial charge < -0.3 is 15.0 Å². The van der Waals surface area contributed by atoms with Gasteiger partial charge in [0.05, 0.1) is 12.2 Å². The minimum absolute atomic E-state index is 0.0403. The van der Waals surface area contributed by atoms with Gasteiger partial charge in [0.25, 0.3) is 0 Å². The van der Waals surface area contributed by atoms with Gasteiger partial charge in [-0.2, -0.15) is 0 Å². The van der Waals surface area contributed by atoms with Gasteiger partial charge in [0, 0.05) is 24.1 Å². The molecule has 0 radical (unpaired) electrons. The number of benzene rings is 2. The van der Waals surface area contributed by atoms with E-state index in [9.17, 15) is 14.4 Å². The fraction of sp³-hybridized carbons (Fsp3) is 0.393. The van der Waals surface area contributed by atoms with E-state index in [0.717, 1.165) is 24.0 Å². The van der Waals surface area contributed by atoms with Crippen molar-refractivity contribution in [3.05, 3.63) is 82.6 Å². The Balaban J connectivity index is 1.74. The smallest absolute Gasteiger partial charge is 0.336 e. The van der Waals surface area contributed by atoms with Crippen LogP contribution in [-0.2, 0) is 25.5 Å². The molecule has 2 aromatic carbocycles. The fourth-order valence-corrected chi connectivity index (χ4v) is 4.41. The average molecular weight is 463 g/mol. The Labute approximate surface area is 202 Å². The second-order valence-corrected chi connectivity index (χ2v) is 8.86. The van der Waals surface area contributed by atoms with Gasteiger partial charge in [-0.1, -0.05) is 60.2 Å². The maximum absolute atomic E-state index is 13.1. The van der Waals surface area contributed by atoms with Gasteiger partial charge in [-0.15, -0.1) is 0 Å². The first-order chi connectivity index (χ1) is 16.3. The lowest BCUT2D eigenvalue weighted by atomic mass is 9.83. The van der Waals surface area contributed by atoms with Crippen LogP contribution in [0.15, 0.2) is 65.9 Å². The van der Waals surface area contributed by atoms with Crippen molar-refractivity contribution in [1.82, 2.24) is 10.2 Å². The Bertz CT molecular complexity index is 1060. The van der Waals surface area contributed by atoms with Crippen molar-refractivity contribution in [3.8, 4) is 0 Å². The normalized spacial score (nSPS) is 16.9. The monoisotopic (exact) mass is 462 g/mol. The molecule has 1 heterocycles. The number of ether oxygens (including phenoxy) is 1. The van der Waals surface area contributed by atoms with Crippen LogP contribution in [0.4, 0.5) is 0 Å². The summed E-state index contributed by atoms with van der Waals surface area (Å²) in [5.74, 6) is -1.26. The van der Waals surface area contributed by atoms with Gasteiger partial charge in [0.15, 0.2) is 0 Å². The van der Waals surface area contributed by atoms with Crippen molar-refractivity contribution in [2.24, 2.45) is 0 Å². The molecule has 3 rings (SSSR count). The highest BCUT2D eigenvalue weighted by atomic mass is 16.5. The van der Waals surface area contributed by atoms with Crippen LogP contribution >= 0.6 is 0 Å². The van der Waals surface area contributed by atoms with Crippen LogP contribution in [0.25, 0.3) is 0 Å². The summed E-state index contributed by atoms with van der Waals surface area (Å²) in [5, 5.41) is 2.99. The molecule has 2 amide bonds. The predicted molar refractivity (Wildman–Crippen MR) is 132 cm³/mol. The lowest BCUT2D eigenvalue weighted by molar-refractivity contribution is -0.141.